The van der Waals surface area contributed by atoms with Gasteiger partial charge in [0.2, 0.25) is 5.91 Å². The van der Waals surface area contributed by atoms with Crippen LogP contribution in [0.25, 0.3) is 0 Å². The second-order valence-electron chi connectivity index (χ2n) is 5.93. The van der Waals surface area contributed by atoms with Gasteiger partial charge in [0.05, 0.1) is 17.7 Å². The Bertz CT molecular complexity index is 830. The number of carboxylic acids is 1. The van der Waals surface area contributed by atoms with E-state index < -0.39 is 11.9 Å². The van der Waals surface area contributed by atoms with Crippen LogP contribution in [0.2, 0.25) is 0 Å². The lowest BCUT2D eigenvalue weighted by Gasteiger charge is -2.10. The van der Waals surface area contributed by atoms with Gasteiger partial charge in [0.25, 0.3) is 0 Å². The van der Waals surface area contributed by atoms with Crippen LogP contribution in [-0.4, -0.2) is 36.1 Å². The number of benzene rings is 2. The van der Waals surface area contributed by atoms with Gasteiger partial charge in [0.15, 0.2) is 0 Å². The predicted molar refractivity (Wildman–Crippen MR) is 91.3 cm³/mol. The molecule has 1 saturated heterocycles. The molecule has 7 nitrogen and oxygen atoms in total. The van der Waals surface area contributed by atoms with E-state index >= 15 is 0 Å². The number of hydrogen-bond donors (Lipinski definition) is 2. The Labute approximate surface area is 149 Å². The van der Waals surface area contributed by atoms with Crippen LogP contribution in [-0.2, 0) is 9.53 Å². The van der Waals surface area contributed by atoms with Gasteiger partial charge in [0.1, 0.15) is 11.5 Å². The number of aromatic carboxylic acids is 1. The molecule has 134 valence electrons. The third-order valence-corrected chi connectivity index (χ3v) is 3.92. The highest BCUT2D eigenvalue weighted by molar-refractivity contribution is 5.90. The standard InChI is InChI=1S/C19H17NO6/c21-17-8-12(10-20-17)11-25-19(24)14-2-1-3-16(9-14)26-15-6-4-13(5-7-15)18(22)23/h1-7,9,12H,8,10-11H2,(H,20,21)(H,22,23). The second-order valence-corrected chi connectivity index (χ2v) is 5.93. The van der Waals surface area contributed by atoms with E-state index in [0.717, 1.165) is 0 Å². The average molecular weight is 355 g/mol. The van der Waals surface area contributed by atoms with Gasteiger partial charge in [-0.3, -0.25) is 4.79 Å². The molecule has 2 aromatic carbocycles. The first-order valence-electron chi connectivity index (χ1n) is 8.06. The normalized spacial score (nSPS) is 16.0. The monoisotopic (exact) mass is 355 g/mol. The number of amides is 1. The molecule has 2 N–H and O–H groups in total. The van der Waals surface area contributed by atoms with Crippen LogP contribution >= 0.6 is 0 Å². The van der Waals surface area contributed by atoms with Crippen molar-refractivity contribution in [1.29, 1.82) is 0 Å². The molecule has 0 aromatic heterocycles. The molecule has 1 atom stereocenters. The molecule has 0 spiro atoms. The first-order valence-corrected chi connectivity index (χ1v) is 8.06. The van der Waals surface area contributed by atoms with Gasteiger partial charge in [0, 0.05) is 18.9 Å². The fourth-order valence-corrected chi connectivity index (χ4v) is 2.55. The molecule has 0 saturated carbocycles. The summed E-state index contributed by atoms with van der Waals surface area (Å²) in [6.45, 7) is 0.695. The highest BCUT2D eigenvalue weighted by Crippen LogP contribution is 2.23. The number of carbonyl (C=O) groups is 3. The largest absolute Gasteiger partial charge is 0.478 e. The van der Waals surface area contributed by atoms with E-state index in [2.05, 4.69) is 5.32 Å². The Hall–Kier alpha value is -3.35. The van der Waals surface area contributed by atoms with Crippen LogP contribution in [0.4, 0.5) is 0 Å². The first-order chi connectivity index (χ1) is 12.5. The van der Waals surface area contributed by atoms with Gasteiger partial charge >= 0.3 is 11.9 Å². The van der Waals surface area contributed by atoms with E-state index in [9.17, 15) is 14.4 Å². The smallest absolute Gasteiger partial charge is 0.338 e. The van der Waals surface area contributed by atoms with Crippen molar-refractivity contribution in [1.82, 2.24) is 5.32 Å². The summed E-state index contributed by atoms with van der Waals surface area (Å²) in [6.07, 6.45) is 0.364. The van der Waals surface area contributed by atoms with E-state index in [1.54, 1.807) is 36.4 Å². The minimum absolute atomic E-state index is 0.00127. The molecule has 1 aliphatic heterocycles. The van der Waals surface area contributed by atoms with Gasteiger partial charge in [-0.2, -0.15) is 0 Å². The summed E-state index contributed by atoms with van der Waals surface area (Å²) < 4.78 is 10.9. The third kappa shape index (κ3) is 4.38. The SMILES string of the molecule is O=C1CC(COC(=O)c2cccc(Oc3ccc(C(=O)O)cc3)c2)CN1. The Morgan fingerprint density at radius 1 is 1.08 bits per heavy atom. The summed E-state index contributed by atoms with van der Waals surface area (Å²) in [5, 5.41) is 11.6. The van der Waals surface area contributed by atoms with E-state index in [1.165, 1.54) is 12.1 Å². The molecular weight excluding hydrogens is 338 g/mol. The number of nitrogens with one attached hydrogen (secondary N) is 1. The highest BCUT2D eigenvalue weighted by atomic mass is 16.5. The van der Waals surface area contributed by atoms with Crippen molar-refractivity contribution in [2.24, 2.45) is 5.92 Å². The molecule has 1 aliphatic rings. The maximum Gasteiger partial charge on any atom is 0.338 e. The van der Waals surface area contributed by atoms with Gasteiger partial charge < -0.3 is 19.9 Å². The van der Waals surface area contributed by atoms with E-state index in [1.807, 2.05) is 0 Å². The summed E-state index contributed by atoms with van der Waals surface area (Å²) in [5.41, 5.74) is 0.497. The topological polar surface area (TPSA) is 102 Å². The first kappa shape index (κ1) is 17.5. The van der Waals surface area contributed by atoms with Crippen LogP contribution in [0.15, 0.2) is 48.5 Å². The molecule has 1 fully saturated rings. The van der Waals surface area contributed by atoms with Crippen molar-refractivity contribution >= 4 is 17.8 Å². The zero-order chi connectivity index (χ0) is 18.5. The molecular formula is C19H17NO6. The van der Waals surface area contributed by atoms with Crippen LogP contribution in [0.1, 0.15) is 27.1 Å². The maximum absolute atomic E-state index is 12.2. The lowest BCUT2D eigenvalue weighted by molar-refractivity contribution is -0.119. The predicted octanol–water partition coefficient (Wildman–Crippen LogP) is 2.47. The van der Waals surface area contributed by atoms with E-state index in [4.69, 9.17) is 14.6 Å². The molecule has 1 unspecified atom stereocenters. The summed E-state index contributed by atoms with van der Waals surface area (Å²) in [7, 11) is 0. The summed E-state index contributed by atoms with van der Waals surface area (Å²) in [6, 6.07) is 12.5. The summed E-state index contributed by atoms with van der Waals surface area (Å²) >= 11 is 0. The maximum atomic E-state index is 12.2. The second kappa shape index (κ2) is 7.69. The summed E-state index contributed by atoms with van der Waals surface area (Å²) in [4.78, 5) is 34.2. The van der Waals surface area contributed by atoms with Crippen LogP contribution in [0.5, 0.6) is 11.5 Å². The molecule has 26 heavy (non-hydrogen) atoms. The fourth-order valence-electron chi connectivity index (χ4n) is 2.55. The molecule has 3 rings (SSSR count). The molecule has 7 heteroatoms. The fraction of sp³-hybridized carbons (Fsp3) is 0.211. The van der Waals surface area contributed by atoms with Crippen LogP contribution in [0, 0.1) is 5.92 Å². The van der Waals surface area contributed by atoms with E-state index in [0.29, 0.717) is 30.0 Å². The Morgan fingerprint density at radius 2 is 1.85 bits per heavy atom. The van der Waals surface area contributed by atoms with Crippen LogP contribution < -0.4 is 10.1 Å². The highest BCUT2D eigenvalue weighted by Gasteiger charge is 2.23. The number of hydrogen-bond acceptors (Lipinski definition) is 5. The Kier molecular flexibility index (Phi) is 5.17. The average Bonchev–Trinajstić information content (AvgIpc) is 3.06. The molecule has 1 amide bonds. The van der Waals surface area contributed by atoms with E-state index in [-0.39, 0.29) is 24.0 Å². The number of esters is 1. The Morgan fingerprint density at radius 3 is 2.50 bits per heavy atom. The number of rotatable bonds is 6. The van der Waals surface area contributed by atoms with Crippen LogP contribution in [0.3, 0.4) is 0 Å². The minimum atomic E-state index is -1.01. The lowest BCUT2D eigenvalue weighted by Crippen LogP contribution is -2.17. The molecule has 0 radical (unpaired) electrons. The molecule has 0 bridgehead atoms. The van der Waals surface area contributed by atoms with Crippen molar-refractivity contribution in [3.63, 3.8) is 0 Å². The van der Waals surface area contributed by atoms with Gasteiger partial charge in [-0.25, -0.2) is 9.59 Å². The Balaban J connectivity index is 1.61. The van der Waals surface area contributed by atoms with Crippen molar-refractivity contribution in [2.75, 3.05) is 13.2 Å². The van der Waals surface area contributed by atoms with Crippen molar-refractivity contribution < 1.29 is 29.0 Å². The quantitative estimate of drug-likeness (QED) is 0.772. The molecule has 2 aromatic rings. The zero-order valence-corrected chi connectivity index (χ0v) is 13.8. The molecule has 1 heterocycles. The third-order valence-electron chi connectivity index (χ3n) is 3.92. The van der Waals surface area contributed by atoms with Crippen molar-refractivity contribution in [3.8, 4) is 11.5 Å². The number of ether oxygens (including phenoxy) is 2. The summed E-state index contributed by atoms with van der Waals surface area (Å²) in [5.74, 6) is -0.651. The van der Waals surface area contributed by atoms with Crippen molar-refractivity contribution in [2.45, 2.75) is 6.42 Å². The molecule has 0 aliphatic carbocycles. The van der Waals surface area contributed by atoms with Gasteiger partial charge in [-0.05, 0) is 42.5 Å². The van der Waals surface area contributed by atoms with Gasteiger partial charge in [-0.15, -0.1) is 0 Å². The zero-order valence-electron chi connectivity index (χ0n) is 13.8. The minimum Gasteiger partial charge on any atom is -0.478 e. The number of carboxylic acid groups (broad SMARTS) is 1. The number of carbonyl (C=O) groups excluding carboxylic acids is 2. The van der Waals surface area contributed by atoms with Crippen molar-refractivity contribution in [3.05, 3.63) is 59.7 Å². The lowest BCUT2D eigenvalue weighted by atomic mass is 10.1. The van der Waals surface area contributed by atoms with Gasteiger partial charge in [-0.1, -0.05) is 6.07 Å².